The minimum absolute atomic E-state index is 0.0748. The van der Waals surface area contributed by atoms with Gasteiger partial charge in [-0.1, -0.05) is 53.7 Å². The van der Waals surface area contributed by atoms with Crippen molar-refractivity contribution in [1.29, 1.82) is 0 Å². The summed E-state index contributed by atoms with van der Waals surface area (Å²) in [7, 11) is 0. The summed E-state index contributed by atoms with van der Waals surface area (Å²) in [5.74, 6) is 0.466. The lowest BCUT2D eigenvalue weighted by Gasteiger charge is -2.28. The fourth-order valence-electron chi connectivity index (χ4n) is 5.34. The molecule has 0 bridgehead atoms. The van der Waals surface area contributed by atoms with Crippen LogP contribution in [0.3, 0.4) is 0 Å². The fraction of sp³-hybridized carbons (Fsp3) is 0.586. The molecule has 4 nitrogen and oxygen atoms in total. The number of carbonyl (C=O) groups is 1. The summed E-state index contributed by atoms with van der Waals surface area (Å²) < 4.78 is 0. The molecule has 4 heteroatoms. The zero-order valence-corrected chi connectivity index (χ0v) is 21.3. The van der Waals surface area contributed by atoms with E-state index < -0.39 is 0 Å². The van der Waals surface area contributed by atoms with Gasteiger partial charge in [0.2, 0.25) is 5.91 Å². The van der Waals surface area contributed by atoms with Gasteiger partial charge in [-0.25, -0.2) is 0 Å². The van der Waals surface area contributed by atoms with Crippen LogP contribution in [0, 0.1) is 0 Å². The van der Waals surface area contributed by atoms with Crippen molar-refractivity contribution < 1.29 is 9.90 Å². The number of nitrogens with zero attached hydrogens (tertiary/aromatic N) is 1. The Balaban J connectivity index is 1.57. The van der Waals surface area contributed by atoms with Gasteiger partial charge in [0, 0.05) is 17.8 Å². The summed E-state index contributed by atoms with van der Waals surface area (Å²) in [6.45, 7) is 12.7. The van der Waals surface area contributed by atoms with E-state index in [1.54, 1.807) is 0 Å². The van der Waals surface area contributed by atoms with Crippen molar-refractivity contribution in [3.8, 4) is 5.75 Å². The second-order valence-corrected chi connectivity index (χ2v) is 12.0. The van der Waals surface area contributed by atoms with Crippen molar-refractivity contribution in [3.05, 3.63) is 51.3 Å². The maximum absolute atomic E-state index is 13.1. The second-order valence-electron chi connectivity index (χ2n) is 12.0. The number of anilines is 1. The van der Waals surface area contributed by atoms with E-state index in [0.717, 1.165) is 54.5 Å². The molecular formula is C29H40N2O2. The number of aromatic nitrogens is 1. The third kappa shape index (κ3) is 4.95. The van der Waals surface area contributed by atoms with E-state index in [0.29, 0.717) is 18.6 Å². The van der Waals surface area contributed by atoms with E-state index in [9.17, 15) is 9.90 Å². The maximum atomic E-state index is 13.1. The molecule has 0 saturated carbocycles. The lowest BCUT2D eigenvalue weighted by Crippen LogP contribution is -2.20. The SMILES string of the molecule is CC(C)(C)c1cc(CCC(=O)Nc2c3c(nc4c2CCC4)CCCC3)cc(C(C)(C)C)c1O. The number of hydrogen-bond donors (Lipinski definition) is 2. The molecule has 0 saturated heterocycles. The average Bonchev–Trinajstić information content (AvgIpc) is 3.19. The summed E-state index contributed by atoms with van der Waals surface area (Å²) in [5, 5.41) is 14.3. The molecule has 2 aliphatic rings. The van der Waals surface area contributed by atoms with Crippen molar-refractivity contribution in [1.82, 2.24) is 4.98 Å². The van der Waals surface area contributed by atoms with E-state index in [4.69, 9.17) is 4.98 Å². The molecular weight excluding hydrogens is 408 g/mol. The molecule has 0 fully saturated rings. The Morgan fingerprint density at radius 3 is 1.97 bits per heavy atom. The first-order valence-electron chi connectivity index (χ1n) is 12.7. The van der Waals surface area contributed by atoms with Crippen LogP contribution < -0.4 is 5.32 Å². The summed E-state index contributed by atoms with van der Waals surface area (Å²) in [5.41, 5.74) is 8.72. The number of benzene rings is 1. The summed E-state index contributed by atoms with van der Waals surface area (Å²) >= 11 is 0. The molecule has 1 heterocycles. The predicted octanol–water partition coefficient (Wildman–Crippen LogP) is 6.32. The molecule has 2 aliphatic carbocycles. The number of pyridine rings is 1. The monoisotopic (exact) mass is 448 g/mol. The number of phenolic OH excluding ortho intramolecular Hbond substituents is 1. The molecule has 2 aromatic rings. The average molecular weight is 449 g/mol. The van der Waals surface area contributed by atoms with Gasteiger partial charge in [-0.3, -0.25) is 9.78 Å². The zero-order valence-electron chi connectivity index (χ0n) is 21.3. The summed E-state index contributed by atoms with van der Waals surface area (Å²) in [6, 6.07) is 4.17. The first-order valence-corrected chi connectivity index (χ1v) is 12.7. The van der Waals surface area contributed by atoms with Crippen molar-refractivity contribution in [2.24, 2.45) is 0 Å². The van der Waals surface area contributed by atoms with E-state index >= 15 is 0 Å². The van der Waals surface area contributed by atoms with Gasteiger partial charge >= 0.3 is 0 Å². The Labute approximate surface area is 199 Å². The van der Waals surface area contributed by atoms with Crippen LogP contribution in [0.25, 0.3) is 0 Å². The number of aryl methyl sites for hydroxylation is 3. The highest BCUT2D eigenvalue weighted by Gasteiger charge is 2.28. The number of amides is 1. The van der Waals surface area contributed by atoms with Gasteiger partial charge in [-0.2, -0.15) is 0 Å². The lowest BCUT2D eigenvalue weighted by atomic mass is 9.78. The van der Waals surface area contributed by atoms with Gasteiger partial charge in [-0.15, -0.1) is 0 Å². The van der Waals surface area contributed by atoms with Crippen LogP contribution in [0.1, 0.15) is 106 Å². The quantitative estimate of drug-likeness (QED) is 0.575. The normalized spacial score (nSPS) is 15.8. The molecule has 1 aromatic carbocycles. The molecule has 178 valence electrons. The molecule has 2 N–H and O–H groups in total. The fourth-order valence-corrected chi connectivity index (χ4v) is 5.34. The third-order valence-electron chi connectivity index (χ3n) is 7.19. The molecule has 0 aliphatic heterocycles. The molecule has 1 aromatic heterocycles. The minimum Gasteiger partial charge on any atom is -0.507 e. The topological polar surface area (TPSA) is 62.2 Å². The summed E-state index contributed by atoms with van der Waals surface area (Å²) in [6.07, 6.45) is 8.70. The Kier molecular flexibility index (Phi) is 6.32. The second kappa shape index (κ2) is 8.77. The Hall–Kier alpha value is -2.36. The van der Waals surface area contributed by atoms with Crippen LogP contribution in [0.5, 0.6) is 5.75 Å². The van der Waals surface area contributed by atoms with Crippen LogP contribution in [0.2, 0.25) is 0 Å². The third-order valence-corrected chi connectivity index (χ3v) is 7.19. The Bertz CT molecular complexity index is 1040. The molecule has 1 amide bonds. The predicted molar refractivity (Wildman–Crippen MR) is 135 cm³/mol. The van der Waals surface area contributed by atoms with Crippen LogP contribution in [-0.4, -0.2) is 16.0 Å². The smallest absolute Gasteiger partial charge is 0.224 e. The standard InChI is InChI=1S/C29H40N2O2/c1-28(2,3)21-16-18(17-22(27(21)33)29(4,5)6)14-15-25(32)31-26-19-10-7-8-12-23(19)30-24-13-9-11-20(24)26/h16-17,33H,7-15H2,1-6H3,(H,30,31,32). The number of nitrogens with one attached hydrogen (secondary N) is 1. The molecule has 4 rings (SSSR count). The van der Waals surface area contributed by atoms with E-state index in [1.807, 2.05) is 0 Å². The molecule has 0 spiro atoms. The van der Waals surface area contributed by atoms with Crippen LogP contribution >= 0.6 is 0 Å². The van der Waals surface area contributed by atoms with Gasteiger partial charge in [0.15, 0.2) is 0 Å². The van der Waals surface area contributed by atoms with Crippen LogP contribution in [0.15, 0.2) is 12.1 Å². The van der Waals surface area contributed by atoms with E-state index in [-0.39, 0.29) is 16.7 Å². The van der Waals surface area contributed by atoms with Gasteiger partial charge < -0.3 is 10.4 Å². The van der Waals surface area contributed by atoms with Gasteiger partial charge in [-0.05, 0) is 90.0 Å². The van der Waals surface area contributed by atoms with Crippen molar-refractivity contribution >= 4 is 11.6 Å². The number of aromatic hydroxyl groups is 1. The van der Waals surface area contributed by atoms with Crippen molar-refractivity contribution in [2.45, 2.75) is 110 Å². The highest BCUT2D eigenvalue weighted by Crippen LogP contribution is 2.40. The number of hydrogen-bond acceptors (Lipinski definition) is 3. The van der Waals surface area contributed by atoms with Crippen LogP contribution in [-0.2, 0) is 47.7 Å². The number of phenols is 1. The first-order chi connectivity index (χ1) is 15.4. The Morgan fingerprint density at radius 1 is 0.879 bits per heavy atom. The van der Waals surface area contributed by atoms with Gasteiger partial charge in [0.1, 0.15) is 5.75 Å². The van der Waals surface area contributed by atoms with E-state index in [1.165, 1.54) is 35.4 Å². The summed E-state index contributed by atoms with van der Waals surface area (Å²) in [4.78, 5) is 18.1. The molecule has 0 atom stereocenters. The van der Waals surface area contributed by atoms with Crippen molar-refractivity contribution in [2.75, 3.05) is 5.32 Å². The number of fused-ring (bicyclic) bond motifs is 2. The zero-order chi connectivity index (χ0) is 24.0. The number of carbonyl (C=O) groups excluding carboxylic acids is 1. The van der Waals surface area contributed by atoms with Crippen LogP contribution in [0.4, 0.5) is 5.69 Å². The van der Waals surface area contributed by atoms with E-state index in [2.05, 4.69) is 59.0 Å². The van der Waals surface area contributed by atoms with Crippen molar-refractivity contribution in [3.63, 3.8) is 0 Å². The van der Waals surface area contributed by atoms with Gasteiger partial charge in [0.05, 0.1) is 5.69 Å². The van der Waals surface area contributed by atoms with Gasteiger partial charge in [0.25, 0.3) is 0 Å². The first kappa shape index (κ1) is 23.8. The number of rotatable bonds is 4. The highest BCUT2D eigenvalue weighted by atomic mass is 16.3. The largest absolute Gasteiger partial charge is 0.507 e. The highest BCUT2D eigenvalue weighted by molar-refractivity contribution is 5.93. The maximum Gasteiger partial charge on any atom is 0.224 e. The molecule has 0 unspecified atom stereocenters. The minimum atomic E-state index is -0.168. The molecule has 0 radical (unpaired) electrons. The lowest BCUT2D eigenvalue weighted by molar-refractivity contribution is -0.116. The molecule has 33 heavy (non-hydrogen) atoms. The Morgan fingerprint density at radius 2 is 1.39 bits per heavy atom.